The van der Waals surface area contributed by atoms with E-state index in [-0.39, 0.29) is 5.54 Å². The molecule has 0 aromatic heterocycles. The second-order valence-electron chi connectivity index (χ2n) is 4.97. The number of likely N-dealkylation sites (tertiary alicyclic amines) is 1. The molecule has 1 aliphatic carbocycles. The number of rotatable bonds is 4. The standard InChI is InChI=1S/C11H23N3/c1-3-13-11(7-12)6-9(2)14(8-11)10-4-5-10/h9-10,13H,3-8,12H2,1-2H3. The van der Waals surface area contributed by atoms with Gasteiger partial charge in [-0.1, -0.05) is 6.92 Å². The average Bonchev–Trinajstić information content (AvgIpc) is 2.94. The maximum absolute atomic E-state index is 5.91. The molecule has 2 unspecified atom stereocenters. The molecule has 3 N–H and O–H groups in total. The van der Waals surface area contributed by atoms with E-state index in [1.54, 1.807) is 0 Å². The Morgan fingerprint density at radius 3 is 2.71 bits per heavy atom. The highest BCUT2D eigenvalue weighted by Gasteiger charge is 2.45. The molecule has 0 aromatic rings. The first kappa shape index (κ1) is 10.4. The average molecular weight is 197 g/mol. The van der Waals surface area contributed by atoms with Crippen molar-refractivity contribution >= 4 is 0 Å². The predicted octanol–water partition coefficient (Wildman–Crippen LogP) is 0.550. The van der Waals surface area contributed by atoms with Gasteiger partial charge in [-0.3, -0.25) is 4.90 Å². The van der Waals surface area contributed by atoms with Gasteiger partial charge in [0.1, 0.15) is 0 Å². The third-order valence-electron chi connectivity index (χ3n) is 3.70. The molecule has 1 saturated heterocycles. The second-order valence-corrected chi connectivity index (χ2v) is 4.97. The van der Waals surface area contributed by atoms with E-state index in [0.717, 1.165) is 25.7 Å². The lowest BCUT2D eigenvalue weighted by molar-refractivity contribution is 0.242. The normalized spacial score (nSPS) is 39.2. The highest BCUT2D eigenvalue weighted by molar-refractivity contribution is 5.05. The van der Waals surface area contributed by atoms with Crippen molar-refractivity contribution in [1.82, 2.24) is 10.2 Å². The van der Waals surface area contributed by atoms with Gasteiger partial charge in [-0.2, -0.15) is 0 Å². The molecular weight excluding hydrogens is 174 g/mol. The van der Waals surface area contributed by atoms with E-state index >= 15 is 0 Å². The topological polar surface area (TPSA) is 41.3 Å². The fourth-order valence-electron chi connectivity index (χ4n) is 2.87. The van der Waals surface area contributed by atoms with Crippen LogP contribution in [0.5, 0.6) is 0 Å². The number of nitrogens with zero attached hydrogens (tertiary/aromatic N) is 1. The first-order chi connectivity index (χ1) is 6.71. The molecule has 2 fully saturated rings. The van der Waals surface area contributed by atoms with E-state index in [1.165, 1.54) is 19.3 Å². The van der Waals surface area contributed by atoms with Crippen molar-refractivity contribution in [3.05, 3.63) is 0 Å². The Balaban J connectivity index is 2.00. The summed E-state index contributed by atoms with van der Waals surface area (Å²) in [6.45, 7) is 7.47. The smallest absolute Gasteiger partial charge is 0.0447 e. The summed E-state index contributed by atoms with van der Waals surface area (Å²) < 4.78 is 0. The van der Waals surface area contributed by atoms with E-state index in [1.807, 2.05) is 0 Å². The third kappa shape index (κ3) is 1.81. The van der Waals surface area contributed by atoms with Crippen molar-refractivity contribution in [2.45, 2.75) is 50.7 Å². The summed E-state index contributed by atoms with van der Waals surface area (Å²) in [7, 11) is 0. The van der Waals surface area contributed by atoms with Crippen LogP contribution in [-0.2, 0) is 0 Å². The van der Waals surface area contributed by atoms with Gasteiger partial charge in [0.25, 0.3) is 0 Å². The van der Waals surface area contributed by atoms with Crippen molar-refractivity contribution in [3.63, 3.8) is 0 Å². The number of likely N-dealkylation sites (N-methyl/N-ethyl adjacent to an activating group) is 1. The van der Waals surface area contributed by atoms with Crippen LogP contribution in [0, 0.1) is 0 Å². The fourth-order valence-corrected chi connectivity index (χ4v) is 2.87. The molecule has 2 rings (SSSR count). The molecule has 2 atom stereocenters. The summed E-state index contributed by atoms with van der Waals surface area (Å²) in [5, 5.41) is 3.58. The Hall–Kier alpha value is -0.120. The minimum atomic E-state index is 0.205. The van der Waals surface area contributed by atoms with Crippen LogP contribution in [0.3, 0.4) is 0 Å². The summed E-state index contributed by atoms with van der Waals surface area (Å²) in [6.07, 6.45) is 4.02. The molecular formula is C11H23N3. The molecule has 3 heteroatoms. The lowest BCUT2D eigenvalue weighted by atomic mass is 9.96. The van der Waals surface area contributed by atoms with Gasteiger partial charge in [0.05, 0.1) is 0 Å². The van der Waals surface area contributed by atoms with Gasteiger partial charge in [-0.15, -0.1) is 0 Å². The largest absolute Gasteiger partial charge is 0.329 e. The number of hydrogen-bond donors (Lipinski definition) is 2. The highest BCUT2D eigenvalue weighted by Crippen LogP contribution is 2.36. The van der Waals surface area contributed by atoms with Crippen molar-refractivity contribution < 1.29 is 0 Å². The Bertz CT molecular complexity index is 203. The monoisotopic (exact) mass is 197 g/mol. The summed E-state index contributed by atoms with van der Waals surface area (Å²) >= 11 is 0. The summed E-state index contributed by atoms with van der Waals surface area (Å²) in [6, 6.07) is 1.59. The van der Waals surface area contributed by atoms with Crippen LogP contribution >= 0.6 is 0 Å². The van der Waals surface area contributed by atoms with Crippen LogP contribution in [0.15, 0.2) is 0 Å². The van der Waals surface area contributed by atoms with Crippen molar-refractivity contribution in [1.29, 1.82) is 0 Å². The van der Waals surface area contributed by atoms with Crippen LogP contribution in [0.2, 0.25) is 0 Å². The number of hydrogen-bond acceptors (Lipinski definition) is 3. The summed E-state index contributed by atoms with van der Waals surface area (Å²) in [5.74, 6) is 0. The van der Waals surface area contributed by atoms with Gasteiger partial charge in [0.15, 0.2) is 0 Å². The minimum absolute atomic E-state index is 0.205. The summed E-state index contributed by atoms with van der Waals surface area (Å²) in [4.78, 5) is 2.65. The van der Waals surface area contributed by atoms with Gasteiger partial charge in [-0.25, -0.2) is 0 Å². The van der Waals surface area contributed by atoms with E-state index in [4.69, 9.17) is 5.73 Å². The van der Waals surface area contributed by atoms with E-state index < -0.39 is 0 Å². The maximum atomic E-state index is 5.91. The van der Waals surface area contributed by atoms with Crippen molar-refractivity contribution in [2.24, 2.45) is 5.73 Å². The maximum Gasteiger partial charge on any atom is 0.0447 e. The SMILES string of the molecule is CCNC1(CN)CC(C)N(C2CC2)C1. The van der Waals surface area contributed by atoms with Crippen LogP contribution in [0.25, 0.3) is 0 Å². The quantitative estimate of drug-likeness (QED) is 0.691. The first-order valence-corrected chi connectivity index (χ1v) is 5.91. The predicted molar refractivity (Wildman–Crippen MR) is 59.3 cm³/mol. The molecule has 0 spiro atoms. The number of nitrogens with two attached hydrogens (primary N) is 1. The molecule has 3 nitrogen and oxygen atoms in total. The molecule has 1 heterocycles. The van der Waals surface area contributed by atoms with E-state index in [2.05, 4.69) is 24.1 Å². The zero-order valence-corrected chi connectivity index (χ0v) is 9.42. The molecule has 0 amide bonds. The summed E-state index contributed by atoms with van der Waals surface area (Å²) in [5.41, 5.74) is 6.12. The molecule has 1 aliphatic heterocycles. The Morgan fingerprint density at radius 2 is 2.21 bits per heavy atom. The minimum Gasteiger partial charge on any atom is -0.329 e. The molecule has 14 heavy (non-hydrogen) atoms. The van der Waals surface area contributed by atoms with Gasteiger partial charge < -0.3 is 11.1 Å². The van der Waals surface area contributed by atoms with Crippen LogP contribution in [-0.4, -0.2) is 42.2 Å². The molecule has 82 valence electrons. The molecule has 0 radical (unpaired) electrons. The van der Waals surface area contributed by atoms with E-state index in [9.17, 15) is 0 Å². The second kappa shape index (κ2) is 3.80. The highest BCUT2D eigenvalue weighted by atomic mass is 15.3. The van der Waals surface area contributed by atoms with Gasteiger partial charge in [-0.05, 0) is 32.7 Å². The molecule has 2 aliphatic rings. The Morgan fingerprint density at radius 1 is 1.50 bits per heavy atom. The lowest BCUT2D eigenvalue weighted by Gasteiger charge is -2.28. The lowest BCUT2D eigenvalue weighted by Crippen LogP contribution is -2.53. The Labute approximate surface area is 87.0 Å². The fraction of sp³-hybridized carbons (Fsp3) is 1.00. The zero-order chi connectivity index (χ0) is 10.2. The van der Waals surface area contributed by atoms with Crippen LogP contribution in [0.4, 0.5) is 0 Å². The first-order valence-electron chi connectivity index (χ1n) is 5.91. The van der Waals surface area contributed by atoms with Gasteiger partial charge >= 0.3 is 0 Å². The van der Waals surface area contributed by atoms with Gasteiger partial charge in [0, 0.05) is 30.7 Å². The number of nitrogens with one attached hydrogen (secondary N) is 1. The zero-order valence-electron chi connectivity index (χ0n) is 9.42. The molecule has 0 bridgehead atoms. The van der Waals surface area contributed by atoms with Crippen LogP contribution in [0.1, 0.15) is 33.1 Å². The van der Waals surface area contributed by atoms with Crippen molar-refractivity contribution in [3.8, 4) is 0 Å². The van der Waals surface area contributed by atoms with Crippen LogP contribution < -0.4 is 11.1 Å². The molecule has 0 aromatic carbocycles. The third-order valence-corrected chi connectivity index (χ3v) is 3.70. The van der Waals surface area contributed by atoms with Crippen molar-refractivity contribution in [2.75, 3.05) is 19.6 Å². The van der Waals surface area contributed by atoms with E-state index in [0.29, 0.717) is 6.04 Å². The molecule has 1 saturated carbocycles. The Kier molecular flexibility index (Phi) is 2.82. The van der Waals surface area contributed by atoms with Gasteiger partial charge in [0.2, 0.25) is 0 Å².